The lowest BCUT2D eigenvalue weighted by atomic mass is 10.2. The Morgan fingerprint density at radius 3 is 2.64 bits per heavy atom. The van der Waals surface area contributed by atoms with Crippen molar-refractivity contribution >= 4 is 29.3 Å². The average molecular weight is 354 g/mol. The number of rotatable bonds is 5. The van der Waals surface area contributed by atoms with Crippen molar-refractivity contribution in [1.82, 2.24) is 0 Å². The van der Waals surface area contributed by atoms with Gasteiger partial charge in [-0.2, -0.15) is 0 Å². The van der Waals surface area contributed by atoms with E-state index in [1.54, 1.807) is 49.6 Å². The summed E-state index contributed by atoms with van der Waals surface area (Å²) in [5.41, 5.74) is 1.57. The number of methoxy groups -OCH3 is 1. The molecule has 0 aliphatic rings. The molecule has 4 nitrogen and oxygen atoms in total. The molecule has 0 radical (unpaired) electrons. The summed E-state index contributed by atoms with van der Waals surface area (Å²) in [4.78, 5) is 12.0. The van der Waals surface area contributed by atoms with Gasteiger partial charge in [0.25, 0.3) is 0 Å². The van der Waals surface area contributed by atoms with Gasteiger partial charge in [-0.1, -0.05) is 23.7 Å². The summed E-state index contributed by atoms with van der Waals surface area (Å²) in [5.74, 6) is 1.76. The summed E-state index contributed by atoms with van der Waals surface area (Å²) in [6.45, 7) is 0. The molecule has 5 heteroatoms. The molecule has 1 heterocycles. The highest BCUT2D eigenvalue weighted by Gasteiger charge is 2.04. The van der Waals surface area contributed by atoms with Crippen LogP contribution in [0.5, 0.6) is 5.75 Å². The summed E-state index contributed by atoms with van der Waals surface area (Å²) in [6.07, 6.45) is 3.04. The van der Waals surface area contributed by atoms with Crippen molar-refractivity contribution < 1.29 is 13.9 Å². The minimum atomic E-state index is -0.245. The third-order valence-electron chi connectivity index (χ3n) is 3.49. The number of benzene rings is 2. The lowest BCUT2D eigenvalue weighted by Gasteiger charge is -2.03. The second-order valence-corrected chi connectivity index (χ2v) is 5.70. The smallest absolute Gasteiger partial charge is 0.248 e. The van der Waals surface area contributed by atoms with Gasteiger partial charge in [0.05, 0.1) is 7.11 Å². The molecule has 1 amide bonds. The Hall–Kier alpha value is -2.98. The Morgan fingerprint density at radius 2 is 1.92 bits per heavy atom. The van der Waals surface area contributed by atoms with Crippen molar-refractivity contribution in [3.8, 4) is 17.1 Å². The first-order chi connectivity index (χ1) is 12.1. The Bertz CT molecular complexity index is 897. The van der Waals surface area contributed by atoms with Crippen LogP contribution in [0.3, 0.4) is 0 Å². The minimum Gasteiger partial charge on any atom is -0.497 e. The van der Waals surface area contributed by atoms with Crippen molar-refractivity contribution in [2.24, 2.45) is 0 Å². The monoisotopic (exact) mass is 353 g/mol. The van der Waals surface area contributed by atoms with Gasteiger partial charge in [0.15, 0.2) is 0 Å². The second kappa shape index (κ2) is 7.73. The quantitative estimate of drug-likeness (QED) is 0.636. The Labute approximate surface area is 150 Å². The molecule has 126 valence electrons. The molecule has 0 fully saturated rings. The zero-order valence-electron chi connectivity index (χ0n) is 13.5. The third kappa shape index (κ3) is 4.52. The van der Waals surface area contributed by atoms with Crippen molar-refractivity contribution in [3.05, 3.63) is 77.5 Å². The van der Waals surface area contributed by atoms with E-state index in [-0.39, 0.29) is 5.91 Å². The molecule has 0 unspecified atom stereocenters. The molecule has 2 aromatic carbocycles. The maximum atomic E-state index is 12.0. The SMILES string of the molecule is COc1ccc(NC(=O)C=Cc2ccc(-c3cccc(Cl)c3)o2)cc1. The van der Waals surface area contributed by atoms with Crippen molar-refractivity contribution in [1.29, 1.82) is 0 Å². The lowest BCUT2D eigenvalue weighted by Crippen LogP contribution is -2.07. The Kier molecular flexibility index (Phi) is 5.21. The first-order valence-electron chi connectivity index (χ1n) is 7.63. The van der Waals surface area contributed by atoms with Crippen LogP contribution in [0.2, 0.25) is 5.02 Å². The molecule has 25 heavy (non-hydrogen) atoms. The van der Waals surface area contributed by atoms with Gasteiger partial charge in [0, 0.05) is 22.3 Å². The molecule has 3 rings (SSSR count). The van der Waals surface area contributed by atoms with Crippen molar-refractivity contribution in [2.75, 3.05) is 12.4 Å². The standard InChI is InChI=1S/C20H16ClNO3/c1-24-17-7-5-16(6-8-17)22-20(23)12-10-18-9-11-19(25-18)14-3-2-4-15(21)13-14/h2-13H,1H3,(H,22,23). The van der Waals surface area contributed by atoms with Gasteiger partial charge in [-0.3, -0.25) is 4.79 Å². The molecule has 3 aromatic rings. The second-order valence-electron chi connectivity index (χ2n) is 5.26. The summed E-state index contributed by atoms with van der Waals surface area (Å²) in [5, 5.41) is 3.41. The van der Waals surface area contributed by atoms with E-state index >= 15 is 0 Å². The van der Waals surface area contributed by atoms with E-state index in [0.717, 1.165) is 11.3 Å². The molecule has 0 saturated heterocycles. The van der Waals surface area contributed by atoms with Crippen LogP contribution in [-0.4, -0.2) is 13.0 Å². The van der Waals surface area contributed by atoms with E-state index in [1.807, 2.05) is 24.3 Å². The zero-order chi connectivity index (χ0) is 17.6. The van der Waals surface area contributed by atoms with E-state index in [1.165, 1.54) is 6.08 Å². The Morgan fingerprint density at radius 1 is 1.12 bits per heavy atom. The van der Waals surface area contributed by atoms with E-state index in [0.29, 0.717) is 22.2 Å². The molecule has 0 spiro atoms. The van der Waals surface area contributed by atoms with E-state index in [4.69, 9.17) is 20.8 Å². The zero-order valence-corrected chi connectivity index (χ0v) is 14.3. The number of halogens is 1. The predicted molar refractivity (Wildman–Crippen MR) is 99.8 cm³/mol. The maximum absolute atomic E-state index is 12.0. The van der Waals surface area contributed by atoms with Crippen LogP contribution < -0.4 is 10.1 Å². The number of carbonyl (C=O) groups is 1. The largest absolute Gasteiger partial charge is 0.497 e. The number of furan rings is 1. The van der Waals surface area contributed by atoms with Crippen LogP contribution in [0.4, 0.5) is 5.69 Å². The summed E-state index contributed by atoms with van der Waals surface area (Å²) in [7, 11) is 1.59. The molecule has 1 N–H and O–H groups in total. The topological polar surface area (TPSA) is 51.5 Å². The highest BCUT2D eigenvalue weighted by molar-refractivity contribution is 6.30. The highest BCUT2D eigenvalue weighted by atomic mass is 35.5. The highest BCUT2D eigenvalue weighted by Crippen LogP contribution is 2.25. The van der Waals surface area contributed by atoms with Gasteiger partial charge < -0.3 is 14.5 Å². The molecule has 0 aliphatic carbocycles. The van der Waals surface area contributed by atoms with Crippen LogP contribution in [0, 0.1) is 0 Å². The molecule has 0 bridgehead atoms. The summed E-state index contributed by atoms with van der Waals surface area (Å²) < 4.78 is 10.8. The van der Waals surface area contributed by atoms with Gasteiger partial charge in [-0.25, -0.2) is 0 Å². The van der Waals surface area contributed by atoms with E-state index in [2.05, 4.69) is 5.32 Å². The minimum absolute atomic E-state index is 0.245. The predicted octanol–water partition coefficient (Wildman–Crippen LogP) is 5.26. The number of amides is 1. The normalized spacial score (nSPS) is 10.8. The van der Waals surface area contributed by atoms with Crippen molar-refractivity contribution in [2.45, 2.75) is 0 Å². The van der Waals surface area contributed by atoms with Gasteiger partial charge in [-0.15, -0.1) is 0 Å². The number of anilines is 1. The molecule has 1 aromatic heterocycles. The van der Waals surface area contributed by atoms with Gasteiger partial charge in [0.2, 0.25) is 5.91 Å². The fourth-order valence-corrected chi connectivity index (χ4v) is 2.45. The van der Waals surface area contributed by atoms with Crippen LogP contribution in [-0.2, 0) is 4.79 Å². The molecule has 0 aliphatic heterocycles. The van der Waals surface area contributed by atoms with Crippen molar-refractivity contribution in [3.63, 3.8) is 0 Å². The number of hydrogen-bond donors (Lipinski definition) is 1. The van der Waals surface area contributed by atoms with Gasteiger partial charge >= 0.3 is 0 Å². The molecule has 0 saturated carbocycles. The van der Waals surface area contributed by atoms with Gasteiger partial charge in [-0.05, 0) is 54.6 Å². The summed E-state index contributed by atoms with van der Waals surface area (Å²) >= 11 is 5.98. The molecular weight excluding hydrogens is 338 g/mol. The van der Waals surface area contributed by atoms with Gasteiger partial charge in [0.1, 0.15) is 17.3 Å². The Balaban J connectivity index is 1.64. The fraction of sp³-hybridized carbons (Fsp3) is 0.0500. The maximum Gasteiger partial charge on any atom is 0.248 e. The number of carbonyl (C=O) groups excluding carboxylic acids is 1. The lowest BCUT2D eigenvalue weighted by molar-refractivity contribution is -0.111. The molecule has 0 atom stereocenters. The molecular formula is C20H16ClNO3. The van der Waals surface area contributed by atoms with Crippen LogP contribution >= 0.6 is 11.6 Å². The number of ether oxygens (including phenoxy) is 1. The summed E-state index contributed by atoms with van der Waals surface area (Å²) in [6, 6.07) is 18.1. The fourth-order valence-electron chi connectivity index (χ4n) is 2.26. The first kappa shape index (κ1) is 16.9. The van der Waals surface area contributed by atoms with E-state index in [9.17, 15) is 4.79 Å². The average Bonchev–Trinajstić information content (AvgIpc) is 3.10. The van der Waals surface area contributed by atoms with Crippen LogP contribution in [0.1, 0.15) is 5.76 Å². The number of hydrogen-bond acceptors (Lipinski definition) is 3. The first-order valence-corrected chi connectivity index (χ1v) is 8.01. The van der Waals surface area contributed by atoms with Crippen LogP contribution in [0.15, 0.2) is 71.2 Å². The van der Waals surface area contributed by atoms with Crippen LogP contribution in [0.25, 0.3) is 17.4 Å². The van der Waals surface area contributed by atoms with E-state index < -0.39 is 0 Å². The third-order valence-corrected chi connectivity index (χ3v) is 3.73. The number of nitrogens with one attached hydrogen (secondary N) is 1.